The van der Waals surface area contributed by atoms with E-state index in [4.69, 9.17) is 4.74 Å². The Balaban J connectivity index is 1.60. The maximum absolute atomic E-state index is 5.18. The topological polar surface area (TPSA) is 24.5 Å². The van der Waals surface area contributed by atoms with Gasteiger partial charge in [0.2, 0.25) is 0 Å². The van der Waals surface area contributed by atoms with Gasteiger partial charge in [-0.1, -0.05) is 0 Å². The standard InChI is InChI=1S/C18H34N2O/c1-19-17(13-20(2)5-4-6-21-3)18-10-14-7-15(11-18)9-16(8-14)12-18/h14-17,19H,4-13H2,1-3H3. The first-order chi connectivity index (χ1) is 10.1. The van der Waals surface area contributed by atoms with Crippen LogP contribution in [-0.2, 0) is 4.74 Å². The van der Waals surface area contributed by atoms with E-state index in [9.17, 15) is 0 Å². The van der Waals surface area contributed by atoms with Gasteiger partial charge in [0.05, 0.1) is 0 Å². The Kier molecular flexibility index (Phi) is 4.92. The van der Waals surface area contributed by atoms with Gasteiger partial charge >= 0.3 is 0 Å². The minimum atomic E-state index is 0.610. The highest BCUT2D eigenvalue weighted by Gasteiger charge is 2.53. The van der Waals surface area contributed by atoms with Crippen molar-refractivity contribution < 1.29 is 4.74 Å². The van der Waals surface area contributed by atoms with Gasteiger partial charge in [-0.05, 0) is 82.2 Å². The van der Waals surface area contributed by atoms with Gasteiger partial charge in [-0.2, -0.15) is 0 Å². The van der Waals surface area contributed by atoms with E-state index in [0.29, 0.717) is 11.5 Å². The summed E-state index contributed by atoms with van der Waals surface area (Å²) in [7, 11) is 6.26. The molecule has 1 unspecified atom stereocenters. The lowest BCUT2D eigenvalue weighted by Crippen LogP contribution is -2.58. The van der Waals surface area contributed by atoms with E-state index >= 15 is 0 Å². The molecule has 4 fully saturated rings. The van der Waals surface area contributed by atoms with Crippen molar-refractivity contribution in [2.75, 3.05) is 40.9 Å². The van der Waals surface area contributed by atoms with Gasteiger partial charge in [0.1, 0.15) is 0 Å². The van der Waals surface area contributed by atoms with Gasteiger partial charge in [-0.25, -0.2) is 0 Å². The summed E-state index contributed by atoms with van der Waals surface area (Å²) in [6.45, 7) is 3.23. The zero-order chi connectivity index (χ0) is 14.9. The minimum Gasteiger partial charge on any atom is -0.385 e. The van der Waals surface area contributed by atoms with Gasteiger partial charge < -0.3 is 15.0 Å². The molecular formula is C18H34N2O. The zero-order valence-corrected chi connectivity index (χ0v) is 14.2. The van der Waals surface area contributed by atoms with Gasteiger partial charge in [0.25, 0.3) is 0 Å². The average Bonchev–Trinajstić information content (AvgIpc) is 2.43. The van der Waals surface area contributed by atoms with Crippen LogP contribution in [0.2, 0.25) is 0 Å². The van der Waals surface area contributed by atoms with Crippen LogP contribution in [0.1, 0.15) is 44.9 Å². The number of methoxy groups -OCH3 is 1. The van der Waals surface area contributed by atoms with E-state index in [2.05, 4.69) is 24.3 Å². The summed E-state index contributed by atoms with van der Waals surface area (Å²) in [6, 6.07) is 0.679. The molecule has 4 rings (SSSR count). The van der Waals surface area contributed by atoms with Crippen molar-refractivity contribution in [3.63, 3.8) is 0 Å². The third kappa shape index (κ3) is 3.30. The van der Waals surface area contributed by atoms with Gasteiger partial charge in [-0.15, -0.1) is 0 Å². The van der Waals surface area contributed by atoms with Crippen molar-refractivity contribution in [2.45, 2.75) is 51.0 Å². The Morgan fingerprint density at radius 1 is 1.14 bits per heavy atom. The number of nitrogens with zero attached hydrogens (tertiary/aromatic N) is 1. The van der Waals surface area contributed by atoms with Crippen LogP contribution in [-0.4, -0.2) is 51.8 Å². The molecule has 1 atom stereocenters. The molecule has 4 bridgehead atoms. The summed E-state index contributed by atoms with van der Waals surface area (Å²) in [4.78, 5) is 2.51. The number of likely N-dealkylation sites (N-methyl/N-ethyl adjacent to an activating group) is 2. The lowest BCUT2D eigenvalue weighted by molar-refractivity contribution is -0.0767. The Bertz CT molecular complexity index is 309. The normalized spacial score (nSPS) is 39.1. The average molecular weight is 294 g/mol. The Morgan fingerprint density at radius 2 is 1.71 bits per heavy atom. The number of hydrogen-bond donors (Lipinski definition) is 1. The molecule has 0 aromatic carbocycles. The van der Waals surface area contributed by atoms with Crippen molar-refractivity contribution in [3.05, 3.63) is 0 Å². The maximum atomic E-state index is 5.18. The molecule has 0 saturated heterocycles. The molecule has 0 spiro atoms. The van der Waals surface area contributed by atoms with E-state index in [-0.39, 0.29) is 0 Å². The van der Waals surface area contributed by atoms with Crippen LogP contribution < -0.4 is 5.32 Å². The summed E-state index contributed by atoms with van der Waals surface area (Å²) in [5.41, 5.74) is 0.610. The van der Waals surface area contributed by atoms with Gasteiger partial charge in [0, 0.05) is 32.8 Å². The summed E-state index contributed by atoms with van der Waals surface area (Å²) >= 11 is 0. The quantitative estimate of drug-likeness (QED) is 0.697. The second-order valence-corrected chi connectivity index (χ2v) is 8.23. The minimum absolute atomic E-state index is 0.610. The molecule has 0 heterocycles. The van der Waals surface area contributed by atoms with Crippen molar-refractivity contribution in [3.8, 4) is 0 Å². The molecule has 0 aromatic rings. The first kappa shape index (κ1) is 15.8. The van der Waals surface area contributed by atoms with E-state index in [1.165, 1.54) is 25.8 Å². The zero-order valence-electron chi connectivity index (χ0n) is 14.2. The fraction of sp³-hybridized carbons (Fsp3) is 1.00. The molecule has 21 heavy (non-hydrogen) atoms. The number of nitrogens with one attached hydrogen (secondary N) is 1. The summed E-state index contributed by atoms with van der Waals surface area (Å²) in [5, 5.41) is 3.71. The molecule has 0 aromatic heterocycles. The van der Waals surface area contributed by atoms with Crippen molar-refractivity contribution in [2.24, 2.45) is 23.2 Å². The fourth-order valence-corrected chi connectivity index (χ4v) is 6.08. The van der Waals surface area contributed by atoms with Crippen LogP contribution in [0.4, 0.5) is 0 Å². The lowest BCUT2D eigenvalue weighted by atomic mass is 9.47. The molecule has 4 aliphatic carbocycles. The predicted octanol–water partition coefficient (Wildman–Crippen LogP) is 2.76. The number of rotatable bonds is 8. The molecule has 4 aliphatic rings. The predicted molar refractivity (Wildman–Crippen MR) is 87.4 cm³/mol. The smallest absolute Gasteiger partial charge is 0.0474 e. The van der Waals surface area contributed by atoms with Crippen molar-refractivity contribution in [1.29, 1.82) is 0 Å². The largest absolute Gasteiger partial charge is 0.385 e. The van der Waals surface area contributed by atoms with E-state index in [1.54, 1.807) is 26.4 Å². The third-order valence-electron chi connectivity index (χ3n) is 6.56. The second kappa shape index (κ2) is 6.55. The highest BCUT2D eigenvalue weighted by molar-refractivity contribution is 5.06. The molecule has 0 radical (unpaired) electrons. The van der Waals surface area contributed by atoms with Crippen LogP contribution in [0.5, 0.6) is 0 Å². The summed E-state index contributed by atoms with van der Waals surface area (Å²) in [6.07, 6.45) is 10.3. The summed E-state index contributed by atoms with van der Waals surface area (Å²) in [5.74, 6) is 3.14. The lowest BCUT2D eigenvalue weighted by Gasteiger charge is -2.59. The Labute approximate surface area is 130 Å². The SMILES string of the molecule is CNC(CN(C)CCCOC)C12CC3CC(CC(C3)C1)C2. The molecule has 122 valence electrons. The molecule has 3 heteroatoms. The Morgan fingerprint density at radius 3 is 2.19 bits per heavy atom. The first-order valence-electron chi connectivity index (χ1n) is 9.00. The van der Waals surface area contributed by atoms with Gasteiger partial charge in [-0.3, -0.25) is 0 Å². The van der Waals surface area contributed by atoms with E-state index < -0.39 is 0 Å². The third-order valence-corrected chi connectivity index (χ3v) is 6.56. The first-order valence-corrected chi connectivity index (χ1v) is 9.00. The fourth-order valence-electron chi connectivity index (χ4n) is 6.08. The van der Waals surface area contributed by atoms with Crippen LogP contribution in [0.3, 0.4) is 0 Å². The Hall–Kier alpha value is -0.120. The van der Waals surface area contributed by atoms with Crippen molar-refractivity contribution >= 4 is 0 Å². The molecule has 4 saturated carbocycles. The van der Waals surface area contributed by atoms with Crippen LogP contribution in [0.25, 0.3) is 0 Å². The molecule has 1 N–H and O–H groups in total. The monoisotopic (exact) mass is 294 g/mol. The van der Waals surface area contributed by atoms with Crippen molar-refractivity contribution in [1.82, 2.24) is 10.2 Å². The maximum Gasteiger partial charge on any atom is 0.0474 e. The second-order valence-electron chi connectivity index (χ2n) is 8.23. The number of ether oxygens (including phenoxy) is 1. The van der Waals surface area contributed by atoms with Crippen LogP contribution >= 0.6 is 0 Å². The summed E-state index contributed by atoms with van der Waals surface area (Å²) < 4.78 is 5.18. The molecule has 3 nitrogen and oxygen atoms in total. The number of hydrogen-bond acceptors (Lipinski definition) is 3. The van der Waals surface area contributed by atoms with Crippen LogP contribution in [0.15, 0.2) is 0 Å². The van der Waals surface area contributed by atoms with Crippen LogP contribution in [0, 0.1) is 23.2 Å². The molecule has 0 amide bonds. The van der Waals surface area contributed by atoms with E-state index in [0.717, 1.165) is 37.3 Å². The van der Waals surface area contributed by atoms with Gasteiger partial charge in [0.15, 0.2) is 0 Å². The van der Waals surface area contributed by atoms with E-state index in [1.807, 2.05) is 0 Å². The molecule has 0 aliphatic heterocycles. The highest BCUT2D eigenvalue weighted by atomic mass is 16.5. The molecular weight excluding hydrogens is 260 g/mol. The highest BCUT2D eigenvalue weighted by Crippen LogP contribution is 2.61.